The van der Waals surface area contributed by atoms with Crippen molar-refractivity contribution in [3.63, 3.8) is 0 Å². The molecule has 0 aliphatic heterocycles. The van der Waals surface area contributed by atoms with E-state index in [0.717, 1.165) is 5.69 Å². The van der Waals surface area contributed by atoms with E-state index in [9.17, 15) is 8.42 Å². The zero-order valence-electron chi connectivity index (χ0n) is 9.14. The molecule has 0 aliphatic carbocycles. The van der Waals surface area contributed by atoms with E-state index in [1.807, 2.05) is 13.8 Å². The van der Waals surface area contributed by atoms with Crippen LogP contribution in [0.2, 0.25) is 0 Å². The summed E-state index contributed by atoms with van der Waals surface area (Å²) in [5.74, 6) is 0.605. The first-order chi connectivity index (χ1) is 6.81. The Hall–Kier alpha value is -1.11. The van der Waals surface area contributed by atoms with Crippen LogP contribution in [0.5, 0.6) is 0 Å². The maximum Gasteiger partial charge on any atom is 0.169 e. The fraction of sp³-hybridized carbons (Fsp3) is 0.750. The number of sulfone groups is 1. The van der Waals surface area contributed by atoms with Crippen molar-refractivity contribution in [1.29, 1.82) is 0 Å². The normalized spacial score (nSPS) is 12.3. The summed E-state index contributed by atoms with van der Waals surface area (Å²) in [6.07, 6.45) is 1.20. The van der Waals surface area contributed by atoms with E-state index in [1.165, 1.54) is 6.26 Å². The van der Waals surface area contributed by atoms with E-state index >= 15 is 0 Å². The SMILES string of the molecule is CC(C)c1c(N)nnn1CCS(C)(=O)=O. The van der Waals surface area contributed by atoms with E-state index in [4.69, 9.17) is 5.73 Å². The number of anilines is 1. The summed E-state index contributed by atoms with van der Waals surface area (Å²) in [7, 11) is -2.98. The van der Waals surface area contributed by atoms with Crippen LogP contribution in [0, 0.1) is 0 Å². The Balaban J connectivity index is 2.87. The van der Waals surface area contributed by atoms with E-state index < -0.39 is 9.84 Å². The highest BCUT2D eigenvalue weighted by Crippen LogP contribution is 2.18. The van der Waals surface area contributed by atoms with Gasteiger partial charge in [0.1, 0.15) is 9.84 Å². The van der Waals surface area contributed by atoms with Crippen LogP contribution >= 0.6 is 0 Å². The summed E-state index contributed by atoms with van der Waals surface area (Å²) in [5, 5.41) is 7.55. The number of rotatable bonds is 4. The van der Waals surface area contributed by atoms with Crippen molar-refractivity contribution in [1.82, 2.24) is 15.0 Å². The summed E-state index contributed by atoms with van der Waals surface area (Å²) in [4.78, 5) is 0. The van der Waals surface area contributed by atoms with Gasteiger partial charge in [-0.3, -0.25) is 0 Å². The lowest BCUT2D eigenvalue weighted by Gasteiger charge is -2.08. The molecule has 0 fully saturated rings. The maximum absolute atomic E-state index is 11.0. The number of aromatic nitrogens is 3. The number of hydrogen-bond acceptors (Lipinski definition) is 5. The highest BCUT2D eigenvalue weighted by molar-refractivity contribution is 7.90. The minimum absolute atomic E-state index is 0.0511. The first kappa shape index (κ1) is 12.0. The molecule has 1 aromatic rings. The molecule has 1 aromatic heterocycles. The van der Waals surface area contributed by atoms with E-state index in [0.29, 0.717) is 12.4 Å². The molecule has 0 unspecified atom stereocenters. The van der Waals surface area contributed by atoms with Gasteiger partial charge in [0.25, 0.3) is 0 Å². The number of nitrogens with two attached hydrogens (primary N) is 1. The van der Waals surface area contributed by atoms with Gasteiger partial charge in [-0.05, 0) is 5.92 Å². The summed E-state index contributed by atoms with van der Waals surface area (Å²) in [6.45, 7) is 4.23. The first-order valence-electron chi connectivity index (χ1n) is 4.68. The molecule has 0 aromatic carbocycles. The summed E-state index contributed by atoms with van der Waals surface area (Å²) in [5.41, 5.74) is 6.43. The van der Waals surface area contributed by atoms with Gasteiger partial charge < -0.3 is 5.73 Å². The smallest absolute Gasteiger partial charge is 0.169 e. The Labute approximate surface area is 89.4 Å². The number of nitrogens with zero attached hydrogens (tertiary/aromatic N) is 3. The second-order valence-electron chi connectivity index (χ2n) is 3.87. The van der Waals surface area contributed by atoms with Crippen molar-refractivity contribution in [2.24, 2.45) is 0 Å². The van der Waals surface area contributed by atoms with Gasteiger partial charge in [-0.2, -0.15) is 0 Å². The molecule has 0 radical (unpaired) electrons. The van der Waals surface area contributed by atoms with Crippen molar-refractivity contribution in [2.75, 3.05) is 17.7 Å². The molecular weight excluding hydrogens is 216 g/mol. The summed E-state index contributed by atoms with van der Waals surface area (Å²) in [6, 6.07) is 0. The van der Waals surface area contributed by atoms with Crippen molar-refractivity contribution in [3.05, 3.63) is 5.69 Å². The van der Waals surface area contributed by atoms with Crippen molar-refractivity contribution < 1.29 is 8.42 Å². The first-order valence-corrected chi connectivity index (χ1v) is 6.74. The van der Waals surface area contributed by atoms with Gasteiger partial charge in [0.15, 0.2) is 5.82 Å². The maximum atomic E-state index is 11.0. The monoisotopic (exact) mass is 232 g/mol. The largest absolute Gasteiger partial charge is 0.381 e. The van der Waals surface area contributed by atoms with Crippen LogP contribution in [0.25, 0.3) is 0 Å². The Kier molecular flexibility index (Phi) is 3.33. The lowest BCUT2D eigenvalue weighted by atomic mass is 10.1. The quantitative estimate of drug-likeness (QED) is 0.790. The third-order valence-electron chi connectivity index (χ3n) is 2.02. The van der Waals surface area contributed by atoms with Crippen LogP contribution in [0.3, 0.4) is 0 Å². The van der Waals surface area contributed by atoms with Gasteiger partial charge in [-0.1, -0.05) is 19.1 Å². The third-order valence-corrected chi connectivity index (χ3v) is 2.95. The average molecular weight is 232 g/mol. The minimum atomic E-state index is -2.98. The predicted molar refractivity (Wildman–Crippen MR) is 58.2 cm³/mol. The van der Waals surface area contributed by atoms with Gasteiger partial charge in [0, 0.05) is 6.26 Å². The predicted octanol–water partition coefficient (Wildman–Crippen LogP) is 0.0283. The van der Waals surface area contributed by atoms with Gasteiger partial charge >= 0.3 is 0 Å². The lowest BCUT2D eigenvalue weighted by Crippen LogP contribution is -2.15. The lowest BCUT2D eigenvalue weighted by molar-refractivity contribution is 0.560. The van der Waals surface area contributed by atoms with E-state index in [-0.39, 0.29) is 11.7 Å². The van der Waals surface area contributed by atoms with Gasteiger partial charge in [0.2, 0.25) is 0 Å². The third kappa shape index (κ3) is 3.19. The van der Waals surface area contributed by atoms with Crippen LogP contribution in [0.15, 0.2) is 0 Å². The average Bonchev–Trinajstić information content (AvgIpc) is 2.42. The molecule has 0 amide bonds. The number of aryl methyl sites for hydroxylation is 1. The van der Waals surface area contributed by atoms with Crippen LogP contribution < -0.4 is 5.73 Å². The minimum Gasteiger partial charge on any atom is -0.381 e. The van der Waals surface area contributed by atoms with Crippen LogP contribution in [-0.2, 0) is 16.4 Å². The zero-order valence-corrected chi connectivity index (χ0v) is 9.95. The molecular formula is C8H16N4O2S. The van der Waals surface area contributed by atoms with Crippen LogP contribution in [-0.4, -0.2) is 35.4 Å². The number of nitrogen functional groups attached to an aromatic ring is 1. The fourth-order valence-corrected chi connectivity index (χ4v) is 1.85. The Morgan fingerprint density at radius 1 is 1.47 bits per heavy atom. The molecule has 1 heterocycles. The molecule has 0 aliphatic rings. The molecule has 0 atom stereocenters. The van der Waals surface area contributed by atoms with E-state index in [2.05, 4.69) is 10.3 Å². The Bertz CT molecular complexity index is 435. The molecule has 1 rings (SSSR count). The summed E-state index contributed by atoms with van der Waals surface area (Å²) < 4.78 is 23.6. The van der Waals surface area contributed by atoms with Crippen molar-refractivity contribution in [3.8, 4) is 0 Å². The fourth-order valence-electron chi connectivity index (χ4n) is 1.35. The Morgan fingerprint density at radius 3 is 2.53 bits per heavy atom. The zero-order chi connectivity index (χ0) is 11.6. The second-order valence-corrected chi connectivity index (χ2v) is 6.13. The van der Waals surface area contributed by atoms with Gasteiger partial charge in [-0.15, -0.1) is 5.10 Å². The molecule has 0 saturated heterocycles. The van der Waals surface area contributed by atoms with E-state index in [1.54, 1.807) is 4.68 Å². The van der Waals surface area contributed by atoms with Crippen LogP contribution in [0.4, 0.5) is 5.82 Å². The molecule has 0 saturated carbocycles. The molecule has 0 bridgehead atoms. The molecule has 2 N–H and O–H groups in total. The molecule has 6 nitrogen and oxygen atoms in total. The Morgan fingerprint density at radius 2 is 2.07 bits per heavy atom. The molecule has 86 valence electrons. The van der Waals surface area contributed by atoms with Crippen molar-refractivity contribution >= 4 is 15.7 Å². The molecule has 0 spiro atoms. The standard InChI is InChI=1S/C8H16N4O2S/c1-6(2)7-8(9)10-11-12(7)4-5-15(3,13)14/h6H,4-5,9H2,1-3H3. The highest BCUT2D eigenvalue weighted by Gasteiger charge is 2.14. The van der Waals surface area contributed by atoms with Crippen molar-refractivity contribution in [2.45, 2.75) is 26.3 Å². The second kappa shape index (κ2) is 4.18. The molecule has 15 heavy (non-hydrogen) atoms. The topological polar surface area (TPSA) is 90.9 Å². The number of hydrogen-bond donors (Lipinski definition) is 1. The van der Waals surface area contributed by atoms with Gasteiger partial charge in [0.05, 0.1) is 18.0 Å². The summed E-state index contributed by atoms with van der Waals surface area (Å²) >= 11 is 0. The highest BCUT2D eigenvalue weighted by atomic mass is 32.2. The van der Waals surface area contributed by atoms with Crippen LogP contribution in [0.1, 0.15) is 25.5 Å². The molecule has 7 heteroatoms. The van der Waals surface area contributed by atoms with Gasteiger partial charge in [-0.25, -0.2) is 13.1 Å².